The molecular weight excluding hydrogens is 247 g/mol. The van der Waals surface area contributed by atoms with Crippen molar-refractivity contribution in [3.8, 4) is 0 Å². The minimum absolute atomic E-state index is 0.000484. The third-order valence-electron chi connectivity index (χ3n) is 2.79. The lowest BCUT2D eigenvalue weighted by Gasteiger charge is -2.14. The number of pyridine rings is 1. The van der Waals surface area contributed by atoms with Gasteiger partial charge in [-0.1, -0.05) is 0 Å². The van der Waals surface area contributed by atoms with E-state index in [1.54, 1.807) is 32.4 Å². The second-order valence-electron chi connectivity index (χ2n) is 4.36. The highest BCUT2D eigenvalue weighted by atomic mass is 19.1. The average molecular weight is 262 g/mol. The number of nitrogens with one attached hydrogen (secondary N) is 1. The molecule has 0 saturated heterocycles. The summed E-state index contributed by atoms with van der Waals surface area (Å²) in [7, 11) is 3.28. The number of carbonyl (C=O) groups excluding carboxylic acids is 1. The summed E-state index contributed by atoms with van der Waals surface area (Å²) in [6.07, 6.45) is 1.56. The van der Waals surface area contributed by atoms with Crippen LogP contribution in [-0.4, -0.2) is 36.4 Å². The minimum atomic E-state index is -0.518. The molecule has 0 saturated carbocycles. The highest BCUT2D eigenvalue weighted by molar-refractivity contribution is 5.99. The number of amides is 1. The number of hydrogen-bond acceptors (Lipinski definition) is 4. The molecule has 6 heteroatoms. The minimum Gasteiger partial charge on any atom is -0.398 e. The van der Waals surface area contributed by atoms with Crippen LogP contribution in [0.5, 0.6) is 0 Å². The first-order valence-electron chi connectivity index (χ1n) is 5.77. The van der Waals surface area contributed by atoms with Gasteiger partial charge in [0.1, 0.15) is 0 Å². The van der Waals surface area contributed by atoms with Gasteiger partial charge in [-0.3, -0.25) is 9.78 Å². The highest BCUT2D eigenvalue weighted by Crippen LogP contribution is 2.29. The van der Waals surface area contributed by atoms with Gasteiger partial charge in [-0.15, -0.1) is 0 Å². The fourth-order valence-electron chi connectivity index (χ4n) is 1.73. The topological polar surface area (TPSA) is 71.2 Å². The van der Waals surface area contributed by atoms with Crippen LogP contribution >= 0.6 is 0 Å². The lowest BCUT2D eigenvalue weighted by Crippen LogP contribution is -2.28. The standard InChI is InChI=1S/C13H15FN4O/c1-18(2)11(19)7-17-13-9(14)6-10(15)8-4-3-5-16-12(8)13/h3-6,17H,7,15H2,1-2H3. The van der Waals surface area contributed by atoms with Crippen LogP contribution < -0.4 is 11.1 Å². The second kappa shape index (κ2) is 5.09. The number of nitrogens with two attached hydrogens (primary N) is 1. The van der Waals surface area contributed by atoms with Crippen LogP contribution in [0.1, 0.15) is 0 Å². The van der Waals surface area contributed by atoms with Crippen molar-refractivity contribution in [1.82, 2.24) is 9.88 Å². The molecule has 0 aliphatic heterocycles. The number of nitrogens with zero attached hydrogens (tertiary/aromatic N) is 2. The molecule has 1 aromatic carbocycles. The molecule has 1 aromatic heterocycles. The molecule has 0 atom stereocenters. The number of rotatable bonds is 3. The summed E-state index contributed by atoms with van der Waals surface area (Å²) < 4.78 is 13.9. The molecule has 1 amide bonds. The van der Waals surface area contributed by atoms with Crippen molar-refractivity contribution >= 4 is 28.2 Å². The molecule has 2 rings (SSSR count). The number of likely N-dealkylation sites (N-methyl/N-ethyl adjacent to an activating group) is 1. The maximum absolute atomic E-state index is 13.9. The van der Waals surface area contributed by atoms with Crippen molar-refractivity contribution in [1.29, 1.82) is 0 Å². The molecule has 2 aromatic rings. The molecule has 0 spiro atoms. The normalized spacial score (nSPS) is 10.5. The maximum atomic E-state index is 13.9. The van der Waals surface area contributed by atoms with Crippen LogP contribution in [0.3, 0.4) is 0 Å². The lowest BCUT2D eigenvalue weighted by atomic mass is 10.1. The van der Waals surface area contributed by atoms with Gasteiger partial charge in [-0.25, -0.2) is 4.39 Å². The van der Waals surface area contributed by atoms with E-state index in [1.807, 2.05) is 0 Å². The van der Waals surface area contributed by atoms with Crippen LogP contribution in [0.15, 0.2) is 24.4 Å². The average Bonchev–Trinajstić information content (AvgIpc) is 2.38. The second-order valence-corrected chi connectivity index (χ2v) is 4.36. The first-order valence-corrected chi connectivity index (χ1v) is 5.77. The van der Waals surface area contributed by atoms with Crippen LogP contribution in [0.4, 0.5) is 15.8 Å². The molecule has 100 valence electrons. The Morgan fingerprint density at radius 3 is 2.95 bits per heavy atom. The van der Waals surface area contributed by atoms with Crippen LogP contribution in [-0.2, 0) is 4.79 Å². The van der Waals surface area contributed by atoms with Crippen LogP contribution in [0.25, 0.3) is 10.9 Å². The summed E-state index contributed by atoms with van der Waals surface area (Å²) in [5.74, 6) is -0.671. The highest BCUT2D eigenvalue weighted by Gasteiger charge is 2.13. The van der Waals surface area contributed by atoms with Crippen molar-refractivity contribution in [3.63, 3.8) is 0 Å². The van der Waals surface area contributed by atoms with Crippen LogP contribution in [0, 0.1) is 5.82 Å². The van der Waals surface area contributed by atoms with E-state index >= 15 is 0 Å². The molecular formula is C13H15FN4O. The number of aromatic nitrogens is 1. The Morgan fingerprint density at radius 2 is 2.26 bits per heavy atom. The molecule has 3 N–H and O–H groups in total. The smallest absolute Gasteiger partial charge is 0.241 e. The Balaban J connectivity index is 2.40. The molecule has 0 aliphatic rings. The molecule has 1 heterocycles. The fraction of sp³-hybridized carbons (Fsp3) is 0.231. The van der Waals surface area contributed by atoms with Gasteiger partial charge in [0.05, 0.1) is 17.7 Å². The number of hydrogen-bond donors (Lipinski definition) is 2. The van der Waals surface area contributed by atoms with E-state index in [2.05, 4.69) is 10.3 Å². The predicted molar refractivity (Wildman–Crippen MR) is 73.3 cm³/mol. The quantitative estimate of drug-likeness (QED) is 0.821. The first-order chi connectivity index (χ1) is 9.00. The predicted octanol–water partition coefficient (Wildman–Crippen LogP) is 1.46. The molecule has 0 fully saturated rings. The van der Waals surface area contributed by atoms with E-state index in [0.717, 1.165) is 0 Å². The van der Waals surface area contributed by atoms with Gasteiger partial charge in [-0.05, 0) is 18.2 Å². The van der Waals surface area contributed by atoms with Gasteiger partial charge in [0.15, 0.2) is 5.82 Å². The zero-order valence-electron chi connectivity index (χ0n) is 10.8. The number of anilines is 2. The Bertz CT molecular complexity index is 627. The number of benzene rings is 1. The first kappa shape index (κ1) is 13.1. The van der Waals surface area contributed by atoms with Crippen LogP contribution in [0.2, 0.25) is 0 Å². The number of carbonyl (C=O) groups is 1. The summed E-state index contributed by atoms with van der Waals surface area (Å²) >= 11 is 0. The Kier molecular flexibility index (Phi) is 3.50. The Labute approximate surface area is 110 Å². The summed E-state index contributed by atoms with van der Waals surface area (Å²) in [6, 6.07) is 4.72. The fourth-order valence-corrected chi connectivity index (χ4v) is 1.73. The van der Waals surface area contributed by atoms with Gasteiger partial charge < -0.3 is 16.0 Å². The van der Waals surface area contributed by atoms with Gasteiger partial charge in [-0.2, -0.15) is 0 Å². The van der Waals surface area contributed by atoms with Crippen molar-refractivity contribution in [2.45, 2.75) is 0 Å². The van der Waals surface area contributed by atoms with Gasteiger partial charge in [0.25, 0.3) is 0 Å². The Hall–Kier alpha value is -2.37. The zero-order chi connectivity index (χ0) is 14.0. The molecule has 0 bridgehead atoms. The van der Waals surface area contributed by atoms with Crippen molar-refractivity contribution in [2.24, 2.45) is 0 Å². The van der Waals surface area contributed by atoms with E-state index in [1.165, 1.54) is 11.0 Å². The largest absolute Gasteiger partial charge is 0.398 e. The van der Waals surface area contributed by atoms with Crippen molar-refractivity contribution in [2.75, 3.05) is 31.7 Å². The van der Waals surface area contributed by atoms with Gasteiger partial charge in [0, 0.05) is 31.4 Å². The van der Waals surface area contributed by atoms with E-state index in [4.69, 9.17) is 5.73 Å². The lowest BCUT2D eigenvalue weighted by molar-refractivity contribution is -0.126. The molecule has 0 radical (unpaired) electrons. The van der Waals surface area contributed by atoms with E-state index < -0.39 is 5.82 Å². The third kappa shape index (κ3) is 2.57. The van der Waals surface area contributed by atoms with E-state index in [-0.39, 0.29) is 18.1 Å². The SMILES string of the molecule is CN(C)C(=O)CNc1c(F)cc(N)c2cccnc12. The van der Waals surface area contributed by atoms with Gasteiger partial charge >= 0.3 is 0 Å². The van der Waals surface area contributed by atoms with Crippen molar-refractivity contribution in [3.05, 3.63) is 30.2 Å². The summed E-state index contributed by atoms with van der Waals surface area (Å²) in [5.41, 5.74) is 6.69. The number of fused-ring (bicyclic) bond motifs is 1. The molecule has 0 aliphatic carbocycles. The number of halogens is 1. The molecule has 5 nitrogen and oxygen atoms in total. The third-order valence-corrected chi connectivity index (χ3v) is 2.79. The summed E-state index contributed by atoms with van der Waals surface area (Å²) in [5, 5.41) is 3.44. The van der Waals surface area contributed by atoms with E-state index in [0.29, 0.717) is 16.6 Å². The zero-order valence-corrected chi connectivity index (χ0v) is 10.8. The summed E-state index contributed by atoms with van der Waals surface area (Å²) in [6.45, 7) is -0.000484. The monoisotopic (exact) mass is 262 g/mol. The summed E-state index contributed by atoms with van der Waals surface area (Å²) in [4.78, 5) is 17.1. The number of nitrogen functional groups attached to an aromatic ring is 1. The molecule has 19 heavy (non-hydrogen) atoms. The molecule has 0 unspecified atom stereocenters. The Morgan fingerprint density at radius 1 is 1.53 bits per heavy atom. The van der Waals surface area contributed by atoms with Gasteiger partial charge in [0.2, 0.25) is 5.91 Å². The van der Waals surface area contributed by atoms with E-state index in [9.17, 15) is 9.18 Å². The van der Waals surface area contributed by atoms with Crippen molar-refractivity contribution < 1.29 is 9.18 Å². The maximum Gasteiger partial charge on any atom is 0.241 e.